The van der Waals surface area contributed by atoms with Crippen molar-refractivity contribution in [3.63, 3.8) is 0 Å². The number of aromatic amines is 1. The van der Waals surface area contributed by atoms with Crippen molar-refractivity contribution in [3.05, 3.63) is 48.0 Å². The third kappa shape index (κ3) is 3.72. The highest BCUT2D eigenvalue weighted by Crippen LogP contribution is 2.45. The summed E-state index contributed by atoms with van der Waals surface area (Å²) in [5.41, 5.74) is 1.14. The van der Waals surface area contributed by atoms with Gasteiger partial charge in [0.25, 0.3) is 0 Å². The number of benzene rings is 1. The van der Waals surface area contributed by atoms with E-state index in [1.807, 2.05) is 4.90 Å². The molecule has 0 bridgehead atoms. The average Bonchev–Trinajstić information content (AvgIpc) is 3.41. The number of hydrogen-bond acceptors (Lipinski definition) is 7. The molecule has 5 rings (SSSR count). The number of aromatic nitrogens is 3. The van der Waals surface area contributed by atoms with E-state index >= 15 is 0 Å². The molecule has 2 aliphatic rings. The molecule has 1 saturated heterocycles. The van der Waals surface area contributed by atoms with Gasteiger partial charge in [-0.1, -0.05) is 12.1 Å². The minimum Gasteiger partial charge on any atom is -0.437 e. The molecule has 1 spiro atoms. The molecular formula is C22H22FN5O4. The Balaban J connectivity index is 1.34. The van der Waals surface area contributed by atoms with Gasteiger partial charge in [0, 0.05) is 25.7 Å². The maximum Gasteiger partial charge on any atom is 0.514 e. The van der Waals surface area contributed by atoms with Gasteiger partial charge in [-0.2, -0.15) is 0 Å². The van der Waals surface area contributed by atoms with Crippen molar-refractivity contribution in [1.29, 1.82) is 0 Å². The average molecular weight is 439 g/mol. The molecule has 10 heteroatoms. The summed E-state index contributed by atoms with van der Waals surface area (Å²) in [6.07, 6.45) is 2.75. The van der Waals surface area contributed by atoms with Gasteiger partial charge in [-0.25, -0.2) is 19.2 Å². The molecule has 2 aromatic heterocycles. The lowest BCUT2D eigenvalue weighted by Crippen LogP contribution is -2.57. The quantitative estimate of drug-likeness (QED) is 0.624. The fourth-order valence-corrected chi connectivity index (χ4v) is 4.33. The topological polar surface area (TPSA) is 101 Å². The number of fused-ring (bicyclic) bond motifs is 1. The molecule has 166 valence electrons. The molecule has 1 aliphatic heterocycles. The number of H-pyrrole nitrogens is 1. The Morgan fingerprint density at radius 2 is 1.97 bits per heavy atom. The molecule has 1 aliphatic carbocycles. The van der Waals surface area contributed by atoms with Crippen molar-refractivity contribution < 1.29 is 23.5 Å². The minimum absolute atomic E-state index is 0.0528. The van der Waals surface area contributed by atoms with Crippen LogP contribution in [0.15, 0.2) is 36.7 Å². The number of methoxy groups -OCH3 is 1. The van der Waals surface area contributed by atoms with Crippen LogP contribution in [0, 0.1) is 5.82 Å². The molecule has 0 radical (unpaired) electrons. The third-order valence-corrected chi connectivity index (χ3v) is 6.09. The number of amides is 1. The van der Waals surface area contributed by atoms with E-state index in [0.717, 1.165) is 29.6 Å². The van der Waals surface area contributed by atoms with Crippen molar-refractivity contribution >= 4 is 28.9 Å². The fraction of sp³-hybridized carbons (Fsp3) is 0.364. The molecule has 2 fully saturated rings. The summed E-state index contributed by atoms with van der Waals surface area (Å²) in [5, 5.41) is 0.730. The second kappa shape index (κ2) is 7.77. The highest BCUT2D eigenvalue weighted by Gasteiger charge is 2.53. The summed E-state index contributed by atoms with van der Waals surface area (Å²) in [4.78, 5) is 40.2. The van der Waals surface area contributed by atoms with E-state index in [1.54, 1.807) is 18.2 Å². The lowest BCUT2D eigenvalue weighted by Gasteiger charge is -2.43. The standard InChI is InChI=1S/C22H22FN5O4/c1-31-21(30)32-17-11-16-19(26-17)24-13-25-20(16)27-8-9-28(22(12-27)6-7-22)18(29)10-14-2-4-15(23)5-3-14/h2-5,11,13H,6-10,12H2,1H3,(H,24,25,26). The maximum absolute atomic E-state index is 13.2. The van der Waals surface area contributed by atoms with Gasteiger partial charge in [0.2, 0.25) is 11.8 Å². The van der Waals surface area contributed by atoms with Crippen LogP contribution in [0.4, 0.5) is 15.0 Å². The number of anilines is 1. The SMILES string of the molecule is COC(=O)Oc1cc2c(N3CCN(C(=O)Cc4ccc(F)cc4)C4(CC4)C3)ncnc2[nH]1. The van der Waals surface area contributed by atoms with Crippen LogP contribution in [-0.2, 0) is 16.0 Å². The number of carbonyl (C=O) groups excluding carboxylic acids is 2. The predicted octanol–water partition coefficient (Wildman–Crippen LogP) is 2.67. The lowest BCUT2D eigenvalue weighted by atomic mass is 10.1. The first-order chi connectivity index (χ1) is 15.5. The molecule has 9 nitrogen and oxygen atoms in total. The van der Waals surface area contributed by atoms with Gasteiger partial charge >= 0.3 is 6.16 Å². The van der Waals surface area contributed by atoms with Crippen LogP contribution in [0.25, 0.3) is 11.0 Å². The van der Waals surface area contributed by atoms with Gasteiger partial charge in [-0.3, -0.25) is 4.79 Å². The Hall–Kier alpha value is -3.69. The Morgan fingerprint density at radius 3 is 2.69 bits per heavy atom. The molecule has 3 aromatic rings. The van der Waals surface area contributed by atoms with Gasteiger partial charge in [0.1, 0.15) is 23.6 Å². The molecule has 1 N–H and O–H groups in total. The molecule has 0 unspecified atom stereocenters. The number of nitrogens with zero attached hydrogens (tertiary/aromatic N) is 4. The summed E-state index contributed by atoms with van der Waals surface area (Å²) >= 11 is 0. The first kappa shape index (κ1) is 20.2. The van der Waals surface area contributed by atoms with Crippen LogP contribution in [0.2, 0.25) is 0 Å². The van der Waals surface area contributed by atoms with Crippen LogP contribution >= 0.6 is 0 Å². The van der Waals surface area contributed by atoms with E-state index < -0.39 is 6.16 Å². The maximum atomic E-state index is 13.2. The number of nitrogens with one attached hydrogen (secondary N) is 1. The van der Waals surface area contributed by atoms with Crippen LogP contribution in [0.1, 0.15) is 18.4 Å². The van der Waals surface area contributed by atoms with E-state index in [2.05, 4.69) is 24.6 Å². The van der Waals surface area contributed by atoms with Gasteiger partial charge < -0.3 is 24.3 Å². The van der Waals surface area contributed by atoms with E-state index in [4.69, 9.17) is 4.74 Å². The molecular weight excluding hydrogens is 417 g/mol. The fourth-order valence-electron chi connectivity index (χ4n) is 4.33. The third-order valence-electron chi connectivity index (χ3n) is 6.09. The largest absolute Gasteiger partial charge is 0.514 e. The summed E-state index contributed by atoms with van der Waals surface area (Å²) in [5.74, 6) is 0.692. The first-order valence-electron chi connectivity index (χ1n) is 10.4. The summed E-state index contributed by atoms with van der Waals surface area (Å²) in [6, 6.07) is 7.74. The zero-order valence-corrected chi connectivity index (χ0v) is 17.5. The smallest absolute Gasteiger partial charge is 0.437 e. The van der Waals surface area contributed by atoms with E-state index in [9.17, 15) is 14.0 Å². The van der Waals surface area contributed by atoms with E-state index in [-0.39, 0.29) is 29.6 Å². The second-order valence-electron chi connectivity index (χ2n) is 8.14. The van der Waals surface area contributed by atoms with Gasteiger partial charge in [0.05, 0.1) is 24.5 Å². The molecule has 32 heavy (non-hydrogen) atoms. The summed E-state index contributed by atoms with van der Waals surface area (Å²) in [7, 11) is 1.24. The van der Waals surface area contributed by atoms with E-state index in [0.29, 0.717) is 25.3 Å². The predicted molar refractivity (Wildman–Crippen MR) is 113 cm³/mol. The van der Waals surface area contributed by atoms with E-state index in [1.165, 1.54) is 25.6 Å². The number of ether oxygens (including phenoxy) is 2. The number of halogens is 1. The zero-order chi connectivity index (χ0) is 22.3. The molecule has 1 saturated carbocycles. The Kier molecular flexibility index (Phi) is 4.91. The number of hydrogen-bond donors (Lipinski definition) is 1. The van der Waals surface area contributed by atoms with Crippen molar-refractivity contribution in [2.75, 3.05) is 31.6 Å². The second-order valence-corrected chi connectivity index (χ2v) is 8.14. The highest BCUT2D eigenvalue weighted by atomic mass is 19.1. The number of rotatable bonds is 4. The molecule has 0 atom stereocenters. The Labute approximate surface area is 183 Å². The van der Waals surface area contributed by atoms with Crippen molar-refractivity contribution in [1.82, 2.24) is 19.9 Å². The zero-order valence-electron chi connectivity index (χ0n) is 17.5. The van der Waals surface area contributed by atoms with Crippen LogP contribution in [0.5, 0.6) is 5.88 Å². The first-order valence-corrected chi connectivity index (χ1v) is 10.4. The van der Waals surface area contributed by atoms with Gasteiger partial charge in [-0.15, -0.1) is 0 Å². The minimum atomic E-state index is -0.823. The Morgan fingerprint density at radius 1 is 1.19 bits per heavy atom. The van der Waals surface area contributed by atoms with Gasteiger partial charge in [0.15, 0.2) is 0 Å². The van der Waals surface area contributed by atoms with Crippen molar-refractivity contribution in [3.8, 4) is 5.88 Å². The number of piperazine rings is 1. The van der Waals surface area contributed by atoms with Crippen molar-refractivity contribution in [2.45, 2.75) is 24.8 Å². The van der Waals surface area contributed by atoms with Crippen LogP contribution < -0.4 is 9.64 Å². The summed E-state index contributed by atoms with van der Waals surface area (Å²) < 4.78 is 22.8. The van der Waals surface area contributed by atoms with Gasteiger partial charge in [-0.05, 0) is 30.5 Å². The summed E-state index contributed by atoms with van der Waals surface area (Å²) in [6.45, 7) is 1.84. The normalized spacial score (nSPS) is 16.9. The highest BCUT2D eigenvalue weighted by molar-refractivity contribution is 5.90. The van der Waals surface area contributed by atoms with Crippen molar-refractivity contribution in [2.24, 2.45) is 0 Å². The monoisotopic (exact) mass is 439 g/mol. The Bertz CT molecular complexity index is 1170. The molecule has 1 aromatic carbocycles. The number of carbonyl (C=O) groups is 2. The molecule has 3 heterocycles. The van der Waals surface area contributed by atoms with Crippen LogP contribution in [-0.4, -0.2) is 64.2 Å². The lowest BCUT2D eigenvalue weighted by molar-refractivity contribution is -0.134. The van der Waals surface area contributed by atoms with Crippen LogP contribution in [0.3, 0.4) is 0 Å². The molecule has 1 amide bonds.